The Bertz CT molecular complexity index is 646. The number of carbonyl (C=O) groups is 1. The van der Waals surface area contributed by atoms with Crippen LogP contribution in [0.5, 0.6) is 0 Å². The van der Waals surface area contributed by atoms with Crippen molar-refractivity contribution in [3.8, 4) is 0 Å². The smallest absolute Gasteiger partial charge is 0.232 e. The lowest BCUT2D eigenvalue weighted by atomic mass is 10.1. The fourth-order valence-corrected chi connectivity index (χ4v) is 3.13. The molecule has 0 radical (unpaired) electrons. The number of amides is 1. The molecule has 0 spiro atoms. The van der Waals surface area contributed by atoms with Crippen LogP contribution in [0.4, 0.5) is 5.69 Å². The lowest BCUT2D eigenvalue weighted by Gasteiger charge is -2.26. The highest BCUT2D eigenvalue weighted by atomic mass is 32.2. The van der Waals surface area contributed by atoms with E-state index >= 15 is 0 Å². The molecule has 22 heavy (non-hydrogen) atoms. The third-order valence-electron chi connectivity index (χ3n) is 3.30. The molecule has 5 nitrogen and oxygen atoms in total. The number of anilines is 1. The van der Waals surface area contributed by atoms with Crippen molar-refractivity contribution in [2.24, 2.45) is 0 Å². The summed E-state index contributed by atoms with van der Waals surface area (Å²) in [6, 6.07) is 5.53. The maximum absolute atomic E-state index is 12.1. The van der Waals surface area contributed by atoms with Crippen LogP contribution in [-0.4, -0.2) is 32.7 Å². The van der Waals surface area contributed by atoms with Gasteiger partial charge in [0.05, 0.1) is 11.9 Å². The van der Waals surface area contributed by atoms with E-state index in [0.29, 0.717) is 5.69 Å². The van der Waals surface area contributed by atoms with E-state index in [-0.39, 0.29) is 24.4 Å². The normalized spacial score (nSPS) is 12.1. The first kappa shape index (κ1) is 18.5. The molecule has 124 valence electrons. The molecule has 0 heterocycles. The van der Waals surface area contributed by atoms with Gasteiger partial charge in [0, 0.05) is 18.5 Å². The second kappa shape index (κ2) is 6.69. The zero-order chi connectivity index (χ0) is 17.1. The van der Waals surface area contributed by atoms with E-state index in [1.165, 1.54) is 4.31 Å². The highest BCUT2D eigenvalue weighted by Crippen LogP contribution is 2.25. The molecule has 0 unspecified atom stereocenters. The number of sulfonamides is 1. The maximum Gasteiger partial charge on any atom is 0.232 e. The van der Waals surface area contributed by atoms with Crippen LogP contribution in [0.25, 0.3) is 0 Å². The molecule has 0 saturated carbocycles. The molecule has 1 amide bonds. The van der Waals surface area contributed by atoms with E-state index in [1.807, 2.05) is 46.8 Å². The molecule has 1 aromatic carbocycles. The van der Waals surface area contributed by atoms with Crippen LogP contribution in [0.3, 0.4) is 0 Å². The van der Waals surface area contributed by atoms with Gasteiger partial charge >= 0.3 is 0 Å². The number of nitrogens with zero attached hydrogens (tertiary/aromatic N) is 1. The fraction of sp³-hybridized carbons (Fsp3) is 0.562. The first-order valence-corrected chi connectivity index (χ1v) is 9.11. The van der Waals surface area contributed by atoms with Gasteiger partial charge in [-0.05, 0) is 51.8 Å². The van der Waals surface area contributed by atoms with Crippen molar-refractivity contribution >= 4 is 21.6 Å². The van der Waals surface area contributed by atoms with Gasteiger partial charge in [-0.3, -0.25) is 9.10 Å². The summed E-state index contributed by atoms with van der Waals surface area (Å²) in [6.07, 6.45) is 1.29. The zero-order valence-electron chi connectivity index (χ0n) is 14.2. The van der Waals surface area contributed by atoms with Gasteiger partial charge in [0.15, 0.2) is 0 Å². The van der Waals surface area contributed by atoms with Gasteiger partial charge in [-0.1, -0.05) is 12.1 Å². The number of aryl methyl sites for hydroxylation is 1. The number of hydrogen-bond donors (Lipinski definition) is 1. The fourth-order valence-electron chi connectivity index (χ4n) is 2.15. The van der Waals surface area contributed by atoms with Crippen LogP contribution < -0.4 is 9.62 Å². The first-order chi connectivity index (χ1) is 9.92. The Balaban J connectivity index is 2.98. The number of carbonyl (C=O) groups excluding carboxylic acids is 1. The average Bonchev–Trinajstić information content (AvgIpc) is 2.30. The van der Waals surface area contributed by atoms with Crippen LogP contribution in [0.2, 0.25) is 0 Å². The molecular formula is C16H26N2O3S. The van der Waals surface area contributed by atoms with Gasteiger partial charge in [0.2, 0.25) is 15.9 Å². The minimum absolute atomic E-state index is 0.123. The topological polar surface area (TPSA) is 66.5 Å². The monoisotopic (exact) mass is 326 g/mol. The molecule has 0 aromatic heterocycles. The van der Waals surface area contributed by atoms with E-state index in [4.69, 9.17) is 0 Å². The lowest BCUT2D eigenvalue weighted by Crippen LogP contribution is -2.42. The Morgan fingerprint density at radius 1 is 1.23 bits per heavy atom. The lowest BCUT2D eigenvalue weighted by molar-refractivity contribution is -0.122. The van der Waals surface area contributed by atoms with Crippen LogP contribution in [0.15, 0.2) is 18.2 Å². The number of rotatable bonds is 5. The Morgan fingerprint density at radius 2 is 1.82 bits per heavy atom. The minimum Gasteiger partial charge on any atom is -0.351 e. The Hall–Kier alpha value is -1.56. The third-order valence-corrected chi connectivity index (χ3v) is 4.48. The number of benzene rings is 1. The van der Waals surface area contributed by atoms with Crippen molar-refractivity contribution < 1.29 is 13.2 Å². The molecule has 0 aliphatic heterocycles. The highest BCUT2D eigenvalue weighted by molar-refractivity contribution is 7.92. The van der Waals surface area contributed by atoms with Crippen LogP contribution >= 0.6 is 0 Å². The van der Waals surface area contributed by atoms with Crippen LogP contribution in [-0.2, 0) is 14.8 Å². The average molecular weight is 326 g/mol. The van der Waals surface area contributed by atoms with E-state index in [2.05, 4.69) is 5.32 Å². The maximum atomic E-state index is 12.1. The van der Waals surface area contributed by atoms with E-state index in [1.54, 1.807) is 6.07 Å². The summed E-state index contributed by atoms with van der Waals surface area (Å²) in [5.74, 6) is -0.161. The molecular weight excluding hydrogens is 300 g/mol. The summed E-state index contributed by atoms with van der Waals surface area (Å²) < 4.78 is 25.5. The molecule has 1 rings (SSSR count). The Labute approximate surface area is 133 Å². The van der Waals surface area contributed by atoms with E-state index in [0.717, 1.165) is 17.4 Å². The Morgan fingerprint density at radius 3 is 2.32 bits per heavy atom. The predicted molar refractivity (Wildman–Crippen MR) is 90.6 cm³/mol. The highest BCUT2D eigenvalue weighted by Gasteiger charge is 2.22. The van der Waals surface area contributed by atoms with Gasteiger partial charge in [0.1, 0.15) is 0 Å². The van der Waals surface area contributed by atoms with Crippen molar-refractivity contribution in [1.29, 1.82) is 0 Å². The second-order valence-corrected chi connectivity index (χ2v) is 8.51. The quantitative estimate of drug-likeness (QED) is 0.903. The summed E-state index contributed by atoms with van der Waals surface area (Å²) in [6.45, 7) is 9.63. The number of hydrogen-bond acceptors (Lipinski definition) is 3. The van der Waals surface area contributed by atoms with Crippen molar-refractivity contribution in [2.45, 2.75) is 46.6 Å². The van der Waals surface area contributed by atoms with Gasteiger partial charge in [-0.25, -0.2) is 8.42 Å². The van der Waals surface area contributed by atoms with Crippen molar-refractivity contribution in [2.75, 3.05) is 17.1 Å². The standard InChI is InChI=1S/C16H26N2O3S/c1-12-8-7-9-14(13(12)2)18(22(6,20)21)11-10-15(19)17-16(3,4)5/h7-9H,10-11H2,1-6H3,(H,17,19). The van der Waals surface area contributed by atoms with E-state index in [9.17, 15) is 13.2 Å². The summed E-state index contributed by atoms with van der Waals surface area (Å²) in [4.78, 5) is 11.9. The van der Waals surface area contributed by atoms with E-state index < -0.39 is 10.0 Å². The zero-order valence-corrected chi connectivity index (χ0v) is 15.0. The molecule has 1 N–H and O–H groups in total. The van der Waals surface area contributed by atoms with Crippen molar-refractivity contribution in [3.05, 3.63) is 29.3 Å². The molecule has 1 aromatic rings. The second-order valence-electron chi connectivity index (χ2n) is 6.60. The van der Waals surface area contributed by atoms with Gasteiger partial charge in [0.25, 0.3) is 0 Å². The minimum atomic E-state index is -3.44. The van der Waals surface area contributed by atoms with Gasteiger partial charge in [-0.15, -0.1) is 0 Å². The summed E-state index contributed by atoms with van der Waals surface area (Å²) in [7, 11) is -3.44. The van der Waals surface area contributed by atoms with Crippen LogP contribution in [0, 0.1) is 13.8 Å². The van der Waals surface area contributed by atoms with Crippen molar-refractivity contribution in [1.82, 2.24) is 5.32 Å². The first-order valence-electron chi connectivity index (χ1n) is 7.27. The molecule has 0 atom stereocenters. The molecule has 6 heteroatoms. The van der Waals surface area contributed by atoms with Crippen LogP contribution in [0.1, 0.15) is 38.3 Å². The summed E-state index contributed by atoms with van der Waals surface area (Å²) >= 11 is 0. The van der Waals surface area contributed by atoms with Crippen molar-refractivity contribution in [3.63, 3.8) is 0 Å². The molecule has 0 fully saturated rings. The third kappa shape index (κ3) is 5.33. The number of nitrogens with one attached hydrogen (secondary N) is 1. The van der Waals surface area contributed by atoms with Gasteiger partial charge in [-0.2, -0.15) is 0 Å². The largest absolute Gasteiger partial charge is 0.351 e. The molecule has 0 aliphatic rings. The predicted octanol–water partition coefficient (Wildman–Crippen LogP) is 2.37. The summed E-state index contributed by atoms with van der Waals surface area (Å²) in [5.41, 5.74) is 2.23. The van der Waals surface area contributed by atoms with Gasteiger partial charge < -0.3 is 5.32 Å². The SMILES string of the molecule is Cc1cccc(N(CCC(=O)NC(C)(C)C)S(C)(=O)=O)c1C. The Kier molecular flexibility index (Phi) is 5.62. The molecule has 0 saturated heterocycles. The molecule has 0 aliphatic carbocycles. The summed E-state index contributed by atoms with van der Waals surface area (Å²) in [5, 5.41) is 2.84. The molecule has 0 bridgehead atoms.